The molecule has 1 aliphatic carbocycles. The lowest BCUT2D eigenvalue weighted by Crippen LogP contribution is -1.98. The highest BCUT2D eigenvalue weighted by Gasteiger charge is 2.26. The number of benzene rings is 1. The Hall–Kier alpha value is -0.440. The van der Waals surface area contributed by atoms with Crippen molar-refractivity contribution in [3.63, 3.8) is 0 Å². The van der Waals surface area contributed by atoms with Crippen molar-refractivity contribution in [2.75, 3.05) is 0 Å². The van der Waals surface area contributed by atoms with E-state index >= 15 is 0 Å². The van der Waals surface area contributed by atoms with Crippen LogP contribution in [-0.4, -0.2) is 0 Å². The summed E-state index contributed by atoms with van der Waals surface area (Å²) in [7, 11) is 0. The quantitative estimate of drug-likeness (QED) is 0.712. The summed E-state index contributed by atoms with van der Waals surface area (Å²) >= 11 is 3.43. The van der Waals surface area contributed by atoms with Gasteiger partial charge in [-0.2, -0.15) is 0 Å². The van der Waals surface area contributed by atoms with Crippen LogP contribution in [0.15, 0.2) is 12.1 Å². The average molecular weight is 275 g/mol. The number of rotatable bonds is 3. The molecule has 82 valence electrons. The zero-order valence-corrected chi connectivity index (χ0v) is 10.2. The van der Waals surface area contributed by atoms with E-state index in [4.69, 9.17) is 0 Å². The number of aryl methyl sites for hydroxylation is 1. The zero-order chi connectivity index (χ0) is 11.0. The van der Waals surface area contributed by atoms with Crippen molar-refractivity contribution >= 4 is 15.9 Å². The molecule has 3 heteroatoms. The maximum atomic E-state index is 13.6. The molecule has 2 rings (SSSR count). The van der Waals surface area contributed by atoms with Crippen LogP contribution in [-0.2, 0) is 0 Å². The van der Waals surface area contributed by atoms with Gasteiger partial charge in [0.2, 0.25) is 0 Å². The highest BCUT2D eigenvalue weighted by molar-refractivity contribution is 9.09. The molecule has 0 spiro atoms. The van der Waals surface area contributed by atoms with Crippen molar-refractivity contribution in [3.8, 4) is 0 Å². The van der Waals surface area contributed by atoms with E-state index in [1.165, 1.54) is 25.0 Å². The van der Waals surface area contributed by atoms with E-state index in [2.05, 4.69) is 15.9 Å². The third-order valence-corrected chi connectivity index (χ3v) is 3.72. The van der Waals surface area contributed by atoms with Crippen LogP contribution in [0.25, 0.3) is 0 Å². The SMILES string of the molecule is Cc1cc(F)c(C(Br)CC2CC2)cc1F. The molecule has 1 aliphatic rings. The Balaban J connectivity index is 2.21. The van der Waals surface area contributed by atoms with Gasteiger partial charge < -0.3 is 0 Å². The molecule has 1 atom stereocenters. The van der Waals surface area contributed by atoms with E-state index in [0.29, 0.717) is 17.0 Å². The van der Waals surface area contributed by atoms with Crippen LogP contribution in [0.3, 0.4) is 0 Å². The molecule has 0 saturated heterocycles. The van der Waals surface area contributed by atoms with Crippen LogP contribution in [0.2, 0.25) is 0 Å². The maximum Gasteiger partial charge on any atom is 0.128 e. The molecule has 0 amide bonds. The number of hydrogen-bond acceptors (Lipinski definition) is 0. The van der Waals surface area contributed by atoms with Crippen LogP contribution < -0.4 is 0 Å². The van der Waals surface area contributed by atoms with Gasteiger partial charge in [0.25, 0.3) is 0 Å². The van der Waals surface area contributed by atoms with Gasteiger partial charge >= 0.3 is 0 Å². The monoisotopic (exact) mass is 274 g/mol. The topological polar surface area (TPSA) is 0 Å². The largest absolute Gasteiger partial charge is 0.207 e. The Morgan fingerprint density at radius 3 is 2.60 bits per heavy atom. The van der Waals surface area contributed by atoms with Gasteiger partial charge in [-0.05, 0) is 37.0 Å². The molecule has 0 N–H and O–H groups in total. The molecule has 1 saturated carbocycles. The van der Waals surface area contributed by atoms with Gasteiger partial charge in [-0.3, -0.25) is 0 Å². The standard InChI is InChI=1S/C12H13BrF2/c1-7-4-12(15)9(6-11(7)14)10(13)5-8-2-3-8/h4,6,8,10H,2-3,5H2,1H3. The molecule has 1 fully saturated rings. The highest BCUT2D eigenvalue weighted by atomic mass is 79.9. The first-order valence-corrected chi connectivity index (χ1v) is 6.09. The summed E-state index contributed by atoms with van der Waals surface area (Å²) in [6.07, 6.45) is 3.34. The third kappa shape index (κ3) is 2.57. The summed E-state index contributed by atoms with van der Waals surface area (Å²) < 4.78 is 26.8. The summed E-state index contributed by atoms with van der Waals surface area (Å²) in [6.45, 7) is 1.58. The first kappa shape index (κ1) is 11.1. The van der Waals surface area contributed by atoms with Crippen molar-refractivity contribution < 1.29 is 8.78 Å². The van der Waals surface area contributed by atoms with Crippen molar-refractivity contribution in [1.29, 1.82) is 0 Å². The summed E-state index contributed by atoms with van der Waals surface area (Å²) in [4.78, 5) is -0.0555. The molecule has 0 radical (unpaired) electrons. The van der Waals surface area contributed by atoms with Crippen molar-refractivity contribution in [2.45, 2.75) is 31.0 Å². The van der Waals surface area contributed by atoms with E-state index < -0.39 is 0 Å². The van der Waals surface area contributed by atoms with Crippen molar-refractivity contribution in [1.82, 2.24) is 0 Å². The fourth-order valence-corrected chi connectivity index (χ4v) is 2.55. The summed E-state index contributed by atoms with van der Waals surface area (Å²) in [5.74, 6) is 0.0567. The second-order valence-corrected chi connectivity index (χ2v) is 5.37. The van der Waals surface area contributed by atoms with Gasteiger partial charge in [-0.25, -0.2) is 8.78 Å². The molecule has 0 bridgehead atoms. The highest BCUT2D eigenvalue weighted by Crippen LogP contribution is 2.42. The van der Waals surface area contributed by atoms with Gasteiger partial charge in [0, 0.05) is 10.4 Å². The first-order chi connectivity index (χ1) is 7.08. The molecule has 15 heavy (non-hydrogen) atoms. The molecule has 0 nitrogen and oxygen atoms in total. The molecular formula is C12H13BrF2. The zero-order valence-electron chi connectivity index (χ0n) is 8.56. The lowest BCUT2D eigenvalue weighted by molar-refractivity contribution is 0.569. The number of hydrogen-bond donors (Lipinski definition) is 0. The van der Waals surface area contributed by atoms with Crippen LogP contribution in [0.1, 0.15) is 35.2 Å². The molecule has 1 unspecified atom stereocenters. The average Bonchev–Trinajstić information content (AvgIpc) is 2.95. The Morgan fingerprint density at radius 2 is 2.00 bits per heavy atom. The summed E-state index contributed by atoms with van der Waals surface area (Å²) in [5, 5.41) is 0. The second kappa shape index (κ2) is 4.20. The Bertz CT molecular complexity index is 372. The van der Waals surface area contributed by atoms with Crippen molar-refractivity contribution in [2.24, 2.45) is 5.92 Å². The van der Waals surface area contributed by atoms with Crippen LogP contribution in [0.5, 0.6) is 0 Å². The van der Waals surface area contributed by atoms with Gasteiger partial charge in [0.15, 0.2) is 0 Å². The fraction of sp³-hybridized carbons (Fsp3) is 0.500. The molecule has 1 aromatic carbocycles. The van der Waals surface area contributed by atoms with Crippen molar-refractivity contribution in [3.05, 3.63) is 34.9 Å². The maximum absolute atomic E-state index is 13.6. The third-order valence-electron chi connectivity index (χ3n) is 2.85. The van der Waals surface area contributed by atoms with Crippen LogP contribution >= 0.6 is 15.9 Å². The minimum atomic E-state index is -0.327. The molecular weight excluding hydrogens is 262 g/mol. The summed E-state index contributed by atoms with van der Waals surface area (Å²) in [5.41, 5.74) is 0.812. The van der Waals surface area contributed by atoms with E-state index in [1.807, 2.05) is 0 Å². The predicted octanol–water partition coefficient (Wildman–Crippen LogP) is 4.51. The van der Waals surface area contributed by atoms with E-state index in [0.717, 1.165) is 6.42 Å². The second-order valence-electron chi connectivity index (χ2n) is 4.27. The Kier molecular flexibility index (Phi) is 3.10. The van der Waals surface area contributed by atoms with Gasteiger partial charge in [0.1, 0.15) is 11.6 Å². The normalized spacial score (nSPS) is 17.9. The van der Waals surface area contributed by atoms with Gasteiger partial charge in [0.05, 0.1) is 0 Å². The molecule has 1 aromatic rings. The predicted molar refractivity (Wildman–Crippen MR) is 60.1 cm³/mol. The fourth-order valence-electron chi connectivity index (χ4n) is 1.67. The number of halogens is 3. The minimum Gasteiger partial charge on any atom is -0.207 e. The minimum absolute atomic E-state index is 0.0555. The first-order valence-electron chi connectivity index (χ1n) is 5.17. The van der Waals surface area contributed by atoms with E-state index in [9.17, 15) is 8.78 Å². The van der Waals surface area contributed by atoms with E-state index in [-0.39, 0.29) is 16.5 Å². The van der Waals surface area contributed by atoms with Gasteiger partial charge in [-0.15, -0.1) is 0 Å². The smallest absolute Gasteiger partial charge is 0.128 e. The lowest BCUT2D eigenvalue weighted by atomic mass is 10.0. The Labute approximate surface area is 96.8 Å². The molecule has 0 heterocycles. The lowest BCUT2D eigenvalue weighted by Gasteiger charge is -2.11. The van der Waals surface area contributed by atoms with E-state index in [1.54, 1.807) is 6.92 Å². The van der Waals surface area contributed by atoms with Crippen LogP contribution in [0, 0.1) is 24.5 Å². The molecule has 0 aliphatic heterocycles. The van der Waals surface area contributed by atoms with Gasteiger partial charge in [-0.1, -0.05) is 28.8 Å². The Morgan fingerprint density at radius 1 is 1.33 bits per heavy atom. The molecule has 0 aromatic heterocycles. The van der Waals surface area contributed by atoms with Crippen LogP contribution in [0.4, 0.5) is 8.78 Å². The summed E-state index contributed by atoms with van der Waals surface area (Å²) in [6, 6.07) is 2.58. The number of alkyl halides is 1.